The number of nitrogens with one attached hydrogen (secondary N) is 1. The molecule has 1 fully saturated rings. The van der Waals surface area contributed by atoms with E-state index in [1.54, 1.807) is 6.92 Å². The van der Waals surface area contributed by atoms with E-state index in [1.807, 2.05) is 38.1 Å². The largest absolute Gasteiger partial charge is 0.460 e. The second-order valence-electron chi connectivity index (χ2n) is 7.90. The summed E-state index contributed by atoms with van der Waals surface area (Å²) in [6, 6.07) is 10.6. The molecule has 3 rings (SSSR count). The average Bonchev–Trinajstić information content (AvgIpc) is 3.30. The summed E-state index contributed by atoms with van der Waals surface area (Å²) < 4.78 is 37.1. The first kappa shape index (κ1) is 24.0. The summed E-state index contributed by atoms with van der Waals surface area (Å²) in [5.74, 6) is -1.17. The Kier molecular flexibility index (Phi) is 7.73. The highest BCUT2D eigenvalue weighted by Gasteiger charge is 2.34. The van der Waals surface area contributed by atoms with Crippen LogP contribution in [0.3, 0.4) is 0 Å². The van der Waals surface area contributed by atoms with Gasteiger partial charge in [0, 0.05) is 19.0 Å². The van der Waals surface area contributed by atoms with Crippen LogP contribution in [0.15, 0.2) is 45.9 Å². The molecule has 1 aliphatic rings. The fraction of sp³-hybridized carbons (Fsp3) is 0.478. The summed E-state index contributed by atoms with van der Waals surface area (Å²) in [6.45, 7) is 6.27. The minimum Gasteiger partial charge on any atom is -0.460 e. The van der Waals surface area contributed by atoms with Crippen LogP contribution in [-0.2, 0) is 19.6 Å². The molecule has 8 nitrogen and oxygen atoms in total. The Hall–Kier alpha value is -2.65. The van der Waals surface area contributed by atoms with Gasteiger partial charge in [0.1, 0.15) is 0 Å². The molecule has 0 saturated carbocycles. The quantitative estimate of drug-likeness (QED) is 0.603. The predicted molar refractivity (Wildman–Crippen MR) is 119 cm³/mol. The normalized spacial score (nSPS) is 16.5. The zero-order valence-corrected chi connectivity index (χ0v) is 19.5. The Balaban J connectivity index is 1.59. The molecule has 1 N–H and O–H groups in total. The lowest BCUT2D eigenvalue weighted by atomic mass is 9.95. The maximum absolute atomic E-state index is 12.9. The molecule has 0 bridgehead atoms. The van der Waals surface area contributed by atoms with E-state index in [0.29, 0.717) is 12.8 Å². The van der Waals surface area contributed by atoms with E-state index in [4.69, 9.17) is 9.15 Å². The van der Waals surface area contributed by atoms with Crippen molar-refractivity contribution >= 4 is 21.9 Å². The number of benzene rings is 1. The summed E-state index contributed by atoms with van der Waals surface area (Å²) in [7, 11) is -3.89. The van der Waals surface area contributed by atoms with E-state index in [1.165, 1.54) is 16.4 Å². The van der Waals surface area contributed by atoms with Crippen molar-refractivity contribution < 1.29 is 27.2 Å². The highest BCUT2D eigenvalue weighted by molar-refractivity contribution is 7.89. The lowest BCUT2D eigenvalue weighted by Crippen LogP contribution is -2.43. The first-order valence-corrected chi connectivity index (χ1v) is 12.3. The molecule has 1 aromatic heterocycles. The molecule has 1 unspecified atom stereocenters. The summed E-state index contributed by atoms with van der Waals surface area (Å²) in [5, 5.41) is 2.81. The van der Waals surface area contributed by atoms with Gasteiger partial charge in [-0.05, 0) is 50.8 Å². The second-order valence-corrected chi connectivity index (χ2v) is 9.77. The second kappa shape index (κ2) is 10.3. The van der Waals surface area contributed by atoms with Crippen LogP contribution in [0.25, 0.3) is 0 Å². The number of ether oxygens (including phenoxy) is 1. The van der Waals surface area contributed by atoms with Crippen LogP contribution in [-0.4, -0.2) is 44.3 Å². The molecule has 0 spiro atoms. The third-order valence-electron chi connectivity index (χ3n) is 5.68. The third kappa shape index (κ3) is 5.39. The van der Waals surface area contributed by atoms with Crippen molar-refractivity contribution in [3.8, 4) is 0 Å². The maximum Gasteiger partial charge on any atom is 0.374 e. The number of aryl methyl sites for hydroxylation is 1. The topological polar surface area (TPSA) is 106 Å². The van der Waals surface area contributed by atoms with Crippen LogP contribution in [0, 0.1) is 12.8 Å². The number of sulfonamides is 1. The van der Waals surface area contributed by atoms with E-state index in [2.05, 4.69) is 5.32 Å². The summed E-state index contributed by atoms with van der Waals surface area (Å²) in [4.78, 5) is 24.6. The van der Waals surface area contributed by atoms with Crippen molar-refractivity contribution in [3.05, 3.63) is 53.3 Å². The molecule has 0 aliphatic carbocycles. The molecule has 1 amide bonds. The standard InChI is InChI=1S/C23H30N2O6S/c1-4-19(17-8-6-16(3)7-9-17)24-22(26)18-12-14-25(15-13-18)32(28,29)21-11-10-20(31-21)23(27)30-5-2/h6-11,18-19H,4-5,12-15H2,1-3H3,(H,24,26). The van der Waals surface area contributed by atoms with Crippen molar-refractivity contribution in [2.75, 3.05) is 19.7 Å². The fourth-order valence-electron chi connectivity index (χ4n) is 3.77. The molecule has 1 aliphatic heterocycles. The molecule has 9 heteroatoms. The number of carbonyl (C=O) groups excluding carboxylic acids is 2. The molecular weight excluding hydrogens is 432 g/mol. The van der Waals surface area contributed by atoms with Gasteiger partial charge in [0.15, 0.2) is 0 Å². The van der Waals surface area contributed by atoms with Gasteiger partial charge in [0.05, 0.1) is 12.6 Å². The first-order chi connectivity index (χ1) is 15.3. The van der Waals surface area contributed by atoms with E-state index < -0.39 is 16.0 Å². The van der Waals surface area contributed by atoms with E-state index in [-0.39, 0.29) is 48.4 Å². The van der Waals surface area contributed by atoms with Gasteiger partial charge in [0.25, 0.3) is 10.0 Å². The lowest BCUT2D eigenvalue weighted by Gasteiger charge is -2.31. The zero-order chi connectivity index (χ0) is 23.3. The number of hydrogen-bond acceptors (Lipinski definition) is 6. The van der Waals surface area contributed by atoms with Crippen LogP contribution >= 0.6 is 0 Å². The molecular formula is C23H30N2O6S. The van der Waals surface area contributed by atoms with Gasteiger partial charge in [-0.2, -0.15) is 4.31 Å². The Labute approximate surface area is 189 Å². The average molecular weight is 463 g/mol. The number of carbonyl (C=O) groups is 2. The first-order valence-electron chi connectivity index (χ1n) is 10.9. The molecule has 32 heavy (non-hydrogen) atoms. The molecule has 2 aromatic rings. The van der Waals surface area contributed by atoms with Crippen molar-refractivity contribution in [2.45, 2.75) is 51.2 Å². The van der Waals surface area contributed by atoms with E-state index >= 15 is 0 Å². The van der Waals surface area contributed by atoms with Crippen LogP contribution in [0.2, 0.25) is 0 Å². The fourth-order valence-corrected chi connectivity index (χ4v) is 5.15. The van der Waals surface area contributed by atoms with Crippen molar-refractivity contribution in [3.63, 3.8) is 0 Å². The monoisotopic (exact) mass is 462 g/mol. The summed E-state index contributed by atoms with van der Waals surface area (Å²) in [5.41, 5.74) is 2.22. The van der Waals surface area contributed by atoms with Crippen LogP contribution in [0.5, 0.6) is 0 Å². The number of piperidine rings is 1. The van der Waals surface area contributed by atoms with Crippen molar-refractivity contribution in [1.29, 1.82) is 0 Å². The minimum atomic E-state index is -3.89. The molecule has 2 heterocycles. The van der Waals surface area contributed by atoms with Gasteiger partial charge < -0.3 is 14.5 Å². The van der Waals surface area contributed by atoms with E-state index in [9.17, 15) is 18.0 Å². The lowest BCUT2D eigenvalue weighted by molar-refractivity contribution is -0.126. The number of nitrogens with zero attached hydrogens (tertiary/aromatic N) is 1. The SMILES string of the molecule is CCOC(=O)c1ccc(S(=O)(=O)N2CCC(C(=O)NC(CC)c3ccc(C)cc3)CC2)o1. The van der Waals surface area contributed by atoms with Crippen LogP contribution < -0.4 is 5.32 Å². The Morgan fingerprint density at radius 3 is 2.38 bits per heavy atom. The Morgan fingerprint density at radius 2 is 1.78 bits per heavy atom. The van der Waals surface area contributed by atoms with Gasteiger partial charge in [-0.25, -0.2) is 13.2 Å². The van der Waals surface area contributed by atoms with Crippen LogP contribution in [0.1, 0.15) is 60.8 Å². The van der Waals surface area contributed by atoms with Crippen LogP contribution in [0.4, 0.5) is 0 Å². The number of hydrogen-bond donors (Lipinski definition) is 1. The third-order valence-corrected chi connectivity index (χ3v) is 7.45. The Morgan fingerprint density at radius 1 is 1.12 bits per heavy atom. The van der Waals surface area contributed by atoms with Crippen molar-refractivity contribution in [2.24, 2.45) is 5.92 Å². The summed E-state index contributed by atoms with van der Waals surface area (Å²) >= 11 is 0. The molecule has 0 radical (unpaired) electrons. The maximum atomic E-state index is 12.9. The Bertz CT molecular complexity index is 1040. The van der Waals surface area contributed by atoms with Gasteiger partial charge in [-0.3, -0.25) is 4.79 Å². The highest BCUT2D eigenvalue weighted by Crippen LogP contribution is 2.26. The molecule has 1 aromatic carbocycles. The van der Waals surface area contributed by atoms with E-state index in [0.717, 1.165) is 17.5 Å². The number of amides is 1. The van der Waals surface area contributed by atoms with Gasteiger partial charge >= 0.3 is 5.97 Å². The van der Waals surface area contributed by atoms with Gasteiger partial charge in [-0.1, -0.05) is 36.8 Å². The van der Waals surface area contributed by atoms with Gasteiger partial charge in [-0.15, -0.1) is 0 Å². The minimum absolute atomic E-state index is 0.0583. The number of rotatable bonds is 8. The predicted octanol–water partition coefficient (Wildman–Crippen LogP) is 3.43. The number of furan rings is 1. The summed E-state index contributed by atoms with van der Waals surface area (Å²) in [6.07, 6.45) is 1.60. The van der Waals surface area contributed by atoms with Crippen molar-refractivity contribution in [1.82, 2.24) is 9.62 Å². The molecule has 174 valence electrons. The molecule has 1 atom stereocenters. The van der Waals surface area contributed by atoms with Gasteiger partial charge in [0.2, 0.25) is 16.8 Å². The number of esters is 1. The smallest absolute Gasteiger partial charge is 0.374 e. The molecule has 1 saturated heterocycles. The zero-order valence-electron chi connectivity index (χ0n) is 18.7. The highest BCUT2D eigenvalue weighted by atomic mass is 32.2.